The lowest BCUT2D eigenvalue weighted by Gasteiger charge is -2.05. The molecule has 0 saturated heterocycles. The van der Waals surface area contributed by atoms with Gasteiger partial charge in [-0.15, -0.1) is 11.6 Å². The number of esters is 1. The van der Waals surface area contributed by atoms with E-state index in [-0.39, 0.29) is 5.03 Å². The molecule has 0 spiro atoms. The normalized spacial score (nSPS) is 13.4. The second kappa shape index (κ2) is 6.28. The largest absolute Gasteiger partial charge is 0.465 e. The number of carbonyl (C=O) groups excluding carboxylic acids is 1. The van der Waals surface area contributed by atoms with E-state index in [0.717, 1.165) is 10.0 Å². The van der Waals surface area contributed by atoms with Crippen LogP contribution in [0.3, 0.4) is 0 Å². The number of hydrogen-bond acceptors (Lipinski definition) is 2. The van der Waals surface area contributed by atoms with Crippen LogP contribution in [0.1, 0.15) is 10.9 Å². The van der Waals surface area contributed by atoms with E-state index in [0.29, 0.717) is 0 Å². The van der Waals surface area contributed by atoms with E-state index in [1.807, 2.05) is 24.3 Å². The van der Waals surface area contributed by atoms with Gasteiger partial charge in [0.25, 0.3) is 0 Å². The van der Waals surface area contributed by atoms with Gasteiger partial charge in [-0.05, 0) is 23.8 Å². The van der Waals surface area contributed by atoms with Gasteiger partial charge in [0.1, 0.15) is 5.03 Å². The first kappa shape index (κ1) is 13.6. The lowest BCUT2D eigenvalue weighted by Crippen LogP contribution is -2.00. The number of allylic oxidation sites excluding steroid dienone is 1. The van der Waals surface area contributed by atoms with Crippen LogP contribution in [-0.2, 0) is 9.53 Å². The van der Waals surface area contributed by atoms with Crippen LogP contribution < -0.4 is 0 Å². The Kier molecular flexibility index (Phi) is 5.32. The zero-order chi connectivity index (χ0) is 12.1. The van der Waals surface area contributed by atoms with Gasteiger partial charge in [0.2, 0.25) is 0 Å². The highest BCUT2D eigenvalue weighted by Crippen LogP contribution is 2.25. The van der Waals surface area contributed by atoms with Gasteiger partial charge in [-0.2, -0.15) is 0 Å². The zero-order valence-corrected chi connectivity index (χ0v) is 11.5. The molecule has 2 nitrogen and oxygen atoms in total. The topological polar surface area (TPSA) is 26.3 Å². The number of alkyl halides is 1. The van der Waals surface area contributed by atoms with Crippen LogP contribution in [0.4, 0.5) is 0 Å². The minimum absolute atomic E-state index is 0.0228. The molecule has 1 atom stereocenters. The first-order valence-electron chi connectivity index (χ1n) is 4.39. The molecule has 0 aromatic heterocycles. The zero-order valence-electron chi connectivity index (χ0n) is 8.41. The van der Waals surface area contributed by atoms with E-state index in [1.165, 1.54) is 13.2 Å². The third-order valence-corrected chi connectivity index (χ3v) is 3.05. The van der Waals surface area contributed by atoms with Crippen LogP contribution in [0.2, 0.25) is 0 Å². The molecule has 1 aromatic carbocycles. The van der Waals surface area contributed by atoms with E-state index < -0.39 is 11.3 Å². The minimum atomic E-state index is -0.593. The molecule has 0 amide bonds. The summed E-state index contributed by atoms with van der Waals surface area (Å²) < 4.78 is 5.42. The lowest BCUT2D eigenvalue weighted by molar-refractivity contribution is -0.135. The molecule has 0 heterocycles. The van der Waals surface area contributed by atoms with Gasteiger partial charge in [-0.1, -0.05) is 39.7 Å². The van der Waals surface area contributed by atoms with Crippen LogP contribution in [0.25, 0.3) is 0 Å². The van der Waals surface area contributed by atoms with Crippen molar-refractivity contribution in [2.45, 2.75) is 5.38 Å². The summed E-state index contributed by atoms with van der Waals surface area (Å²) in [5.41, 5.74) is 0.854. The molecule has 1 aromatic rings. The number of halogens is 3. The summed E-state index contributed by atoms with van der Waals surface area (Å²) in [5, 5.41) is -0.481. The first-order chi connectivity index (χ1) is 7.54. The quantitative estimate of drug-likeness (QED) is 0.477. The highest BCUT2D eigenvalue weighted by molar-refractivity contribution is 9.10. The summed E-state index contributed by atoms with van der Waals surface area (Å²) >= 11 is 15.1. The Bertz CT molecular complexity index is 401. The van der Waals surface area contributed by atoms with Crippen molar-refractivity contribution in [2.75, 3.05) is 7.11 Å². The third-order valence-electron chi connectivity index (χ3n) is 1.86. The van der Waals surface area contributed by atoms with Gasteiger partial charge in [0.15, 0.2) is 0 Å². The lowest BCUT2D eigenvalue weighted by atomic mass is 10.1. The van der Waals surface area contributed by atoms with Crippen molar-refractivity contribution in [3.05, 3.63) is 45.4 Å². The maximum Gasteiger partial charge on any atom is 0.349 e. The van der Waals surface area contributed by atoms with Crippen molar-refractivity contribution < 1.29 is 9.53 Å². The van der Waals surface area contributed by atoms with Crippen molar-refractivity contribution in [2.24, 2.45) is 0 Å². The van der Waals surface area contributed by atoms with Gasteiger partial charge < -0.3 is 4.74 Å². The SMILES string of the molecule is COC(=O)/C(Cl)=C/[C@H](Cl)c1ccc(Br)cc1. The molecule has 0 unspecified atom stereocenters. The number of hydrogen-bond donors (Lipinski definition) is 0. The second-order valence-electron chi connectivity index (χ2n) is 2.96. The van der Waals surface area contributed by atoms with Crippen molar-refractivity contribution in [1.29, 1.82) is 0 Å². The van der Waals surface area contributed by atoms with Crippen molar-refractivity contribution in [1.82, 2.24) is 0 Å². The summed E-state index contributed by atoms with van der Waals surface area (Å²) in [4.78, 5) is 11.0. The van der Waals surface area contributed by atoms with Crippen LogP contribution in [0.5, 0.6) is 0 Å². The number of methoxy groups -OCH3 is 1. The molecule has 0 saturated carbocycles. The molecular formula is C11H9BrCl2O2. The molecule has 0 aliphatic heterocycles. The minimum Gasteiger partial charge on any atom is -0.465 e. The maximum absolute atomic E-state index is 11.0. The highest BCUT2D eigenvalue weighted by atomic mass is 79.9. The summed E-state index contributed by atoms with van der Waals surface area (Å²) in [7, 11) is 1.27. The molecule has 0 N–H and O–H groups in total. The van der Waals surface area contributed by atoms with Crippen LogP contribution in [0.15, 0.2) is 39.8 Å². The molecule has 16 heavy (non-hydrogen) atoms. The Balaban J connectivity index is 2.82. The molecule has 1 rings (SSSR count). The number of ether oxygens (including phenoxy) is 1. The Morgan fingerprint density at radius 2 is 2.00 bits per heavy atom. The average Bonchev–Trinajstić information content (AvgIpc) is 2.28. The number of carbonyl (C=O) groups is 1. The first-order valence-corrected chi connectivity index (χ1v) is 6.00. The predicted octanol–water partition coefficient (Wildman–Crippen LogP) is 4.02. The molecule has 0 radical (unpaired) electrons. The molecule has 0 bridgehead atoms. The fourth-order valence-corrected chi connectivity index (χ4v) is 1.84. The fraction of sp³-hybridized carbons (Fsp3) is 0.182. The average molecular weight is 324 g/mol. The molecule has 0 aliphatic rings. The summed E-state index contributed by atoms with van der Waals surface area (Å²) in [6, 6.07) is 7.43. The third kappa shape index (κ3) is 3.81. The van der Waals surface area contributed by atoms with Gasteiger partial charge >= 0.3 is 5.97 Å². The molecule has 0 fully saturated rings. The number of rotatable bonds is 3. The maximum atomic E-state index is 11.0. The van der Waals surface area contributed by atoms with Gasteiger partial charge in [0.05, 0.1) is 12.5 Å². The molecule has 86 valence electrons. The van der Waals surface area contributed by atoms with E-state index in [4.69, 9.17) is 23.2 Å². The van der Waals surface area contributed by atoms with Crippen LogP contribution in [0, 0.1) is 0 Å². The molecular weight excluding hydrogens is 315 g/mol. The van der Waals surface area contributed by atoms with Crippen LogP contribution >= 0.6 is 39.1 Å². The standard InChI is InChI=1S/C11H9BrCl2O2/c1-16-11(15)10(14)6-9(13)7-2-4-8(12)5-3-7/h2-6,9H,1H3/b10-6-/t9-/m0/s1. The highest BCUT2D eigenvalue weighted by Gasteiger charge is 2.11. The smallest absolute Gasteiger partial charge is 0.349 e. The summed E-state index contributed by atoms with van der Waals surface area (Å²) in [6.45, 7) is 0. The Morgan fingerprint density at radius 1 is 1.44 bits per heavy atom. The van der Waals surface area contributed by atoms with Crippen molar-refractivity contribution in [3.8, 4) is 0 Å². The van der Waals surface area contributed by atoms with E-state index in [2.05, 4.69) is 20.7 Å². The summed E-state index contributed by atoms with van der Waals surface area (Å²) in [6.07, 6.45) is 1.44. The van der Waals surface area contributed by atoms with Gasteiger partial charge in [-0.25, -0.2) is 4.79 Å². The van der Waals surface area contributed by atoms with Crippen molar-refractivity contribution >= 4 is 45.1 Å². The summed E-state index contributed by atoms with van der Waals surface area (Å²) in [5.74, 6) is -0.593. The van der Waals surface area contributed by atoms with Crippen molar-refractivity contribution in [3.63, 3.8) is 0 Å². The number of benzene rings is 1. The Hall–Kier alpha value is -0.510. The van der Waals surface area contributed by atoms with E-state index in [1.54, 1.807) is 0 Å². The van der Waals surface area contributed by atoms with E-state index in [9.17, 15) is 4.79 Å². The van der Waals surface area contributed by atoms with E-state index >= 15 is 0 Å². The Labute approximate surface area is 112 Å². The fourth-order valence-electron chi connectivity index (χ4n) is 1.04. The van der Waals surface area contributed by atoms with Crippen LogP contribution in [-0.4, -0.2) is 13.1 Å². The Morgan fingerprint density at radius 3 is 2.50 bits per heavy atom. The molecule has 5 heteroatoms. The van der Waals surface area contributed by atoms with Gasteiger partial charge in [-0.3, -0.25) is 0 Å². The predicted molar refractivity (Wildman–Crippen MR) is 68.7 cm³/mol. The second-order valence-corrected chi connectivity index (χ2v) is 4.75. The molecule has 0 aliphatic carbocycles. The van der Waals surface area contributed by atoms with Gasteiger partial charge in [0, 0.05) is 4.47 Å². The monoisotopic (exact) mass is 322 g/mol.